The normalized spacial score (nSPS) is 19.4. The maximum absolute atomic E-state index is 13.0. The number of hydrogen-bond donors (Lipinski definition) is 0. The third kappa shape index (κ3) is 2.28. The maximum atomic E-state index is 13.0. The minimum atomic E-state index is -2.11. The van der Waals surface area contributed by atoms with Crippen LogP contribution in [0.3, 0.4) is 0 Å². The topological polar surface area (TPSA) is 17.1 Å². The first-order valence-electron chi connectivity index (χ1n) is 5.84. The molecule has 0 bridgehead atoms. The maximum Gasteiger partial charge on any atom is 0.0960 e. The Morgan fingerprint density at radius 1 is 0.933 bits per heavy atom. The van der Waals surface area contributed by atoms with E-state index in [0.717, 1.165) is 0 Å². The van der Waals surface area contributed by atoms with Crippen molar-refractivity contribution in [3.05, 3.63) is 24.3 Å². The van der Waals surface area contributed by atoms with Crippen molar-refractivity contribution >= 4 is 7.14 Å². The first kappa shape index (κ1) is 12.8. The Hall–Kier alpha value is -0.290. The van der Waals surface area contributed by atoms with E-state index in [1.54, 1.807) is 0 Å². The summed E-state index contributed by atoms with van der Waals surface area (Å²) in [5, 5.41) is 0. The van der Waals surface area contributed by atoms with Gasteiger partial charge in [0.25, 0.3) is 0 Å². The van der Waals surface area contributed by atoms with Crippen LogP contribution in [0.4, 0.5) is 0 Å². The van der Waals surface area contributed by atoms with Crippen LogP contribution in [0.1, 0.15) is 34.6 Å². The standard InChI is InChI=1S/C13H23OP/c1-10(2)15(14,11(3)4)12(5)13-8-6-7-9-13/h6-13H,1-5H3/t12-/m1/s1. The van der Waals surface area contributed by atoms with E-state index in [2.05, 4.69) is 58.9 Å². The molecule has 0 aromatic rings. The van der Waals surface area contributed by atoms with Crippen molar-refractivity contribution in [3.63, 3.8) is 0 Å². The van der Waals surface area contributed by atoms with Crippen molar-refractivity contribution in [2.45, 2.75) is 51.6 Å². The quantitative estimate of drug-likeness (QED) is 0.653. The summed E-state index contributed by atoms with van der Waals surface area (Å²) in [5.74, 6) is 0.376. The summed E-state index contributed by atoms with van der Waals surface area (Å²) in [6.45, 7) is 10.5. The molecule has 0 amide bonds. The molecule has 1 aliphatic carbocycles. The molecule has 1 atom stereocenters. The highest BCUT2D eigenvalue weighted by molar-refractivity contribution is 7.66. The summed E-state index contributed by atoms with van der Waals surface area (Å²) in [6.07, 6.45) is 8.46. The second-order valence-corrected chi connectivity index (χ2v) is 9.45. The third-order valence-corrected chi connectivity index (χ3v) is 8.43. The Bertz CT molecular complexity index is 288. The van der Waals surface area contributed by atoms with E-state index in [0.29, 0.717) is 5.92 Å². The lowest BCUT2D eigenvalue weighted by molar-refractivity contribution is 0.543. The van der Waals surface area contributed by atoms with Crippen LogP contribution in [0, 0.1) is 5.92 Å². The van der Waals surface area contributed by atoms with Crippen LogP contribution in [-0.2, 0) is 4.57 Å². The zero-order valence-electron chi connectivity index (χ0n) is 10.5. The largest absolute Gasteiger partial charge is 0.323 e. The Balaban J connectivity index is 2.95. The molecule has 0 unspecified atom stereocenters. The van der Waals surface area contributed by atoms with E-state index < -0.39 is 7.14 Å². The van der Waals surface area contributed by atoms with Gasteiger partial charge in [-0.25, -0.2) is 0 Å². The summed E-state index contributed by atoms with van der Waals surface area (Å²) in [5.41, 5.74) is 0.845. The van der Waals surface area contributed by atoms with Crippen LogP contribution >= 0.6 is 7.14 Å². The second kappa shape index (κ2) is 4.70. The SMILES string of the molecule is CC(C)P(=O)(C(C)C)[C@H](C)C1C=CC=C1. The monoisotopic (exact) mass is 226 g/mol. The molecule has 0 spiro atoms. The molecule has 0 aliphatic heterocycles. The van der Waals surface area contributed by atoms with Crippen molar-refractivity contribution in [2.24, 2.45) is 5.92 Å². The van der Waals surface area contributed by atoms with E-state index in [9.17, 15) is 4.57 Å². The molecular formula is C13H23OP. The van der Waals surface area contributed by atoms with Gasteiger partial charge in [0.15, 0.2) is 0 Å². The van der Waals surface area contributed by atoms with Crippen LogP contribution in [-0.4, -0.2) is 17.0 Å². The Kier molecular flexibility index (Phi) is 4.00. The summed E-state index contributed by atoms with van der Waals surface area (Å²) in [6, 6.07) is 0. The van der Waals surface area contributed by atoms with Crippen LogP contribution in [0.5, 0.6) is 0 Å². The highest BCUT2D eigenvalue weighted by Gasteiger charge is 2.38. The molecule has 15 heavy (non-hydrogen) atoms. The Labute approximate surface area is 94.0 Å². The van der Waals surface area contributed by atoms with E-state index in [4.69, 9.17) is 0 Å². The Morgan fingerprint density at radius 2 is 1.33 bits per heavy atom. The molecule has 0 saturated heterocycles. The van der Waals surface area contributed by atoms with Gasteiger partial charge in [0.1, 0.15) is 0 Å². The summed E-state index contributed by atoms with van der Waals surface area (Å²) < 4.78 is 13.0. The predicted octanol–water partition coefficient (Wildman–Crippen LogP) is 4.30. The van der Waals surface area contributed by atoms with Crippen LogP contribution in [0.15, 0.2) is 24.3 Å². The highest BCUT2D eigenvalue weighted by Crippen LogP contribution is 2.61. The lowest BCUT2D eigenvalue weighted by Crippen LogP contribution is -2.23. The molecule has 0 fully saturated rings. The average Bonchev–Trinajstić information content (AvgIpc) is 2.67. The first-order valence-corrected chi connectivity index (χ1v) is 7.76. The Morgan fingerprint density at radius 3 is 1.67 bits per heavy atom. The van der Waals surface area contributed by atoms with Gasteiger partial charge in [-0.15, -0.1) is 0 Å². The zero-order valence-corrected chi connectivity index (χ0v) is 11.4. The molecular weight excluding hydrogens is 203 g/mol. The predicted molar refractivity (Wildman–Crippen MR) is 69.1 cm³/mol. The van der Waals surface area contributed by atoms with E-state index in [1.165, 1.54) is 0 Å². The van der Waals surface area contributed by atoms with Crippen molar-refractivity contribution in [1.29, 1.82) is 0 Å². The molecule has 0 heterocycles. The van der Waals surface area contributed by atoms with E-state index in [-0.39, 0.29) is 17.0 Å². The molecule has 1 nitrogen and oxygen atoms in total. The van der Waals surface area contributed by atoms with Gasteiger partial charge in [-0.3, -0.25) is 0 Å². The molecule has 0 radical (unpaired) electrons. The van der Waals surface area contributed by atoms with Gasteiger partial charge in [-0.1, -0.05) is 58.9 Å². The second-order valence-electron chi connectivity index (χ2n) is 5.04. The van der Waals surface area contributed by atoms with Gasteiger partial charge in [-0.05, 0) is 0 Å². The number of allylic oxidation sites excluding steroid dienone is 4. The molecule has 0 aromatic heterocycles. The minimum Gasteiger partial charge on any atom is -0.323 e. The first-order chi connectivity index (χ1) is 6.90. The zero-order chi connectivity index (χ0) is 11.6. The minimum absolute atomic E-state index is 0.271. The molecule has 0 N–H and O–H groups in total. The van der Waals surface area contributed by atoms with Crippen molar-refractivity contribution in [3.8, 4) is 0 Å². The molecule has 2 heteroatoms. The van der Waals surface area contributed by atoms with Gasteiger partial charge < -0.3 is 4.57 Å². The van der Waals surface area contributed by atoms with Gasteiger partial charge in [0, 0.05) is 22.9 Å². The summed E-state index contributed by atoms with van der Waals surface area (Å²) in [4.78, 5) is 0. The molecule has 86 valence electrons. The summed E-state index contributed by atoms with van der Waals surface area (Å²) in [7, 11) is -2.11. The third-order valence-electron chi connectivity index (χ3n) is 3.59. The van der Waals surface area contributed by atoms with Crippen molar-refractivity contribution < 1.29 is 4.57 Å². The van der Waals surface area contributed by atoms with Crippen LogP contribution < -0.4 is 0 Å². The van der Waals surface area contributed by atoms with Gasteiger partial charge in [0.2, 0.25) is 0 Å². The van der Waals surface area contributed by atoms with Crippen molar-refractivity contribution in [1.82, 2.24) is 0 Å². The fourth-order valence-corrected chi connectivity index (χ4v) is 6.39. The van der Waals surface area contributed by atoms with Crippen molar-refractivity contribution in [2.75, 3.05) is 0 Å². The van der Waals surface area contributed by atoms with Gasteiger partial charge >= 0.3 is 0 Å². The smallest absolute Gasteiger partial charge is 0.0960 e. The number of rotatable bonds is 4. The van der Waals surface area contributed by atoms with E-state index in [1.807, 2.05) is 0 Å². The number of hydrogen-bond acceptors (Lipinski definition) is 1. The fourth-order valence-electron chi connectivity index (χ4n) is 2.58. The molecule has 1 aliphatic rings. The molecule has 0 saturated carbocycles. The molecule has 0 aromatic carbocycles. The van der Waals surface area contributed by atoms with Gasteiger partial charge in [0.05, 0.1) is 7.14 Å². The average molecular weight is 226 g/mol. The fraction of sp³-hybridized carbons (Fsp3) is 0.692. The molecule has 1 rings (SSSR count). The van der Waals surface area contributed by atoms with Gasteiger partial charge in [-0.2, -0.15) is 0 Å². The lowest BCUT2D eigenvalue weighted by atomic mass is 10.1. The van der Waals surface area contributed by atoms with Crippen LogP contribution in [0.2, 0.25) is 0 Å². The summed E-state index contributed by atoms with van der Waals surface area (Å²) >= 11 is 0. The van der Waals surface area contributed by atoms with E-state index >= 15 is 0 Å². The lowest BCUT2D eigenvalue weighted by Gasteiger charge is -2.34. The van der Waals surface area contributed by atoms with Crippen LogP contribution in [0.25, 0.3) is 0 Å². The highest BCUT2D eigenvalue weighted by atomic mass is 31.2.